The topological polar surface area (TPSA) is 66.6 Å². The second-order valence-electron chi connectivity index (χ2n) is 3.15. The van der Waals surface area contributed by atoms with Gasteiger partial charge in [-0.05, 0) is 23.8 Å². The maximum atomic E-state index is 11.6. The molecule has 0 atom stereocenters. The maximum absolute atomic E-state index is 11.6. The van der Waals surface area contributed by atoms with Crippen molar-refractivity contribution in [3.05, 3.63) is 34.7 Å². The summed E-state index contributed by atoms with van der Waals surface area (Å²) in [6.45, 7) is 0. The Morgan fingerprint density at radius 3 is 2.81 bits per heavy atom. The molecule has 16 heavy (non-hydrogen) atoms. The smallest absolute Gasteiger partial charge is 0.280 e. The first kappa shape index (κ1) is 11.1. The van der Waals surface area contributed by atoms with Gasteiger partial charge in [0.05, 0.1) is 4.91 Å². The molecule has 1 heterocycles. The lowest BCUT2D eigenvalue weighted by atomic mass is 10.2. The molecule has 3 N–H and O–H groups in total. The van der Waals surface area contributed by atoms with E-state index in [2.05, 4.69) is 0 Å². The van der Waals surface area contributed by atoms with Crippen molar-refractivity contribution >= 4 is 40.3 Å². The number of rotatable bonds is 1. The average molecular weight is 252 g/mol. The second kappa shape index (κ2) is 4.25. The highest BCUT2D eigenvalue weighted by atomic mass is 32.2. The number of hydrazine groups is 1. The molecule has 0 saturated carbocycles. The van der Waals surface area contributed by atoms with Gasteiger partial charge in [-0.1, -0.05) is 36.1 Å². The molecule has 0 aliphatic carbocycles. The lowest BCUT2D eigenvalue weighted by molar-refractivity contribution is -0.122. The number of thioether (sulfide) groups is 1. The Hall–Kier alpha value is -1.37. The Balaban J connectivity index is 2.33. The van der Waals surface area contributed by atoms with Crippen LogP contribution in [0.25, 0.3) is 6.08 Å². The van der Waals surface area contributed by atoms with Crippen LogP contribution in [-0.2, 0) is 4.79 Å². The SMILES string of the molecule is NN1C(=O)C(=Cc2cccc(O)c2)SC1=S. The third-order valence-corrected chi connectivity index (χ3v) is 3.32. The van der Waals surface area contributed by atoms with Crippen molar-refractivity contribution < 1.29 is 9.90 Å². The predicted molar refractivity (Wildman–Crippen MR) is 67.3 cm³/mol. The van der Waals surface area contributed by atoms with Gasteiger partial charge in [-0.3, -0.25) is 4.79 Å². The molecule has 1 amide bonds. The highest BCUT2D eigenvalue weighted by Crippen LogP contribution is 2.30. The first-order chi connectivity index (χ1) is 7.58. The molecule has 1 aliphatic heterocycles. The zero-order valence-corrected chi connectivity index (χ0v) is 9.72. The van der Waals surface area contributed by atoms with Gasteiger partial charge in [0.2, 0.25) is 0 Å². The minimum atomic E-state index is -0.321. The minimum absolute atomic E-state index is 0.150. The molecule has 0 radical (unpaired) electrons. The van der Waals surface area contributed by atoms with Gasteiger partial charge in [-0.15, -0.1) is 0 Å². The van der Waals surface area contributed by atoms with Gasteiger partial charge in [-0.2, -0.15) is 0 Å². The third-order valence-electron chi connectivity index (χ3n) is 1.99. The van der Waals surface area contributed by atoms with Crippen molar-refractivity contribution in [1.29, 1.82) is 0 Å². The molecule has 2 rings (SSSR count). The van der Waals surface area contributed by atoms with E-state index in [0.717, 1.165) is 22.3 Å². The van der Waals surface area contributed by atoms with E-state index in [4.69, 9.17) is 18.1 Å². The number of thiocarbonyl (C=S) groups is 1. The summed E-state index contributed by atoms with van der Waals surface area (Å²) in [5.41, 5.74) is 0.731. The molecule has 6 heteroatoms. The summed E-state index contributed by atoms with van der Waals surface area (Å²) < 4.78 is 0.330. The molecule has 82 valence electrons. The molecular weight excluding hydrogens is 244 g/mol. The van der Waals surface area contributed by atoms with Gasteiger partial charge >= 0.3 is 0 Å². The Morgan fingerprint density at radius 2 is 2.25 bits per heavy atom. The maximum Gasteiger partial charge on any atom is 0.280 e. The van der Waals surface area contributed by atoms with Crippen molar-refractivity contribution in [2.24, 2.45) is 5.84 Å². The summed E-state index contributed by atoms with van der Waals surface area (Å²) in [4.78, 5) is 12.0. The number of nitrogens with two attached hydrogens (primary N) is 1. The van der Waals surface area contributed by atoms with E-state index in [0.29, 0.717) is 9.23 Å². The van der Waals surface area contributed by atoms with Crippen LogP contribution in [0.2, 0.25) is 0 Å². The molecule has 1 aromatic carbocycles. The van der Waals surface area contributed by atoms with Crippen LogP contribution in [0.1, 0.15) is 5.56 Å². The van der Waals surface area contributed by atoms with Crippen LogP contribution >= 0.6 is 24.0 Å². The summed E-state index contributed by atoms with van der Waals surface area (Å²) >= 11 is 6.04. The lowest BCUT2D eigenvalue weighted by Gasteiger charge is -2.02. The number of aromatic hydroxyl groups is 1. The van der Waals surface area contributed by atoms with Gasteiger partial charge in [0.25, 0.3) is 5.91 Å². The normalized spacial score (nSPS) is 18.6. The van der Waals surface area contributed by atoms with Crippen LogP contribution < -0.4 is 5.84 Å². The largest absolute Gasteiger partial charge is 0.508 e. The molecule has 1 saturated heterocycles. The first-order valence-electron chi connectivity index (χ1n) is 4.39. The van der Waals surface area contributed by atoms with Crippen molar-refractivity contribution in [1.82, 2.24) is 5.01 Å². The first-order valence-corrected chi connectivity index (χ1v) is 5.62. The Bertz CT molecular complexity index is 499. The number of hydrogen-bond acceptors (Lipinski definition) is 5. The van der Waals surface area contributed by atoms with Crippen LogP contribution in [0.4, 0.5) is 0 Å². The lowest BCUT2D eigenvalue weighted by Crippen LogP contribution is -2.34. The highest BCUT2D eigenvalue weighted by molar-refractivity contribution is 8.26. The molecule has 1 aliphatic rings. The Labute approximate surface area is 102 Å². The van der Waals surface area contributed by atoms with E-state index in [1.54, 1.807) is 30.3 Å². The number of phenolic OH excluding ortho intramolecular Hbond substituents is 1. The third kappa shape index (κ3) is 2.08. The van der Waals surface area contributed by atoms with Gasteiger partial charge in [0.15, 0.2) is 4.32 Å². The van der Waals surface area contributed by atoms with Crippen molar-refractivity contribution in [2.75, 3.05) is 0 Å². The Kier molecular flexibility index (Phi) is 2.95. The molecule has 4 nitrogen and oxygen atoms in total. The van der Waals surface area contributed by atoms with E-state index in [9.17, 15) is 9.90 Å². The zero-order valence-electron chi connectivity index (χ0n) is 8.08. The van der Waals surface area contributed by atoms with E-state index in [1.807, 2.05) is 0 Å². The summed E-state index contributed by atoms with van der Waals surface area (Å²) in [6.07, 6.45) is 1.64. The molecule has 0 unspecified atom stereocenters. The number of carbonyl (C=O) groups excluding carboxylic acids is 1. The number of nitrogens with zero attached hydrogens (tertiary/aromatic N) is 1. The quantitative estimate of drug-likeness (QED) is 0.343. The van der Waals surface area contributed by atoms with E-state index < -0.39 is 0 Å². The molecule has 0 spiro atoms. The van der Waals surface area contributed by atoms with Gasteiger partial charge in [-0.25, -0.2) is 10.9 Å². The average Bonchev–Trinajstić information content (AvgIpc) is 2.47. The standard InChI is InChI=1S/C10H8N2O2S2/c11-12-9(14)8(16-10(12)15)5-6-2-1-3-7(13)4-6/h1-5,13H,11H2. The van der Waals surface area contributed by atoms with E-state index >= 15 is 0 Å². The van der Waals surface area contributed by atoms with E-state index in [1.165, 1.54) is 0 Å². The number of carbonyl (C=O) groups is 1. The monoisotopic (exact) mass is 252 g/mol. The van der Waals surface area contributed by atoms with Crippen LogP contribution in [0, 0.1) is 0 Å². The number of hydrogen-bond donors (Lipinski definition) is 2. The van der Waals surface area contributed by atoms with Crippen molar-refractivity contribution in [3.8, 4) is 5.75 Å². The fraction of sp³-hybridized carbons (Fsp3) is 0. The van der Waals surface area contributed by atoms with Gasteiger partial charge in [0, 0.05) is 0 Å². The summed E-state index contributed by atoms with van der Waals surface area (Å²) in [5.74, 6) is 5.26. The fourth-order valence-corrected chi connectivity index (χ4v) is 2.35. The van der Waals surface area contributed by atoms with Crippen molar-refractivity contribution in [3.63, 3.8) is 0 Å². The summed E-state index contributed by atoms with van der Waals surface area (Å²) in [7, 11) is 0. The highest BCUT2D eigenvalue weighted by Gasteiger charge is 2.29. The van der Waals surface area contributed by atoms with Crippen LogP contribution in [-0.4, -0.2) is 20.3 Å². The molecule has 1 aromatic rings. The Morgan fingerprint density at radius 1 is 1.50 bits per heavy atom. The number of phenols is 1. The molecule has 0 bridgehead atoms. The van der Waals surface area contributed by atoms with E-state index in [-0.39, 0.29) is 11.7 Å². The van der Waals surface area contributed by atoms with Crippen LogP contribution in [0.5, 0.6) is 5.75 Å². The second-order valence-corrected chi connectivity index (χ2v) is 4.82. The molecule has 1 fully saturated rings. The molecule has 0 aromatic heterocycles. The van der Waals surface area contributed by atoms with Crippen LogP contribution in [0.3, 0.4) is 0 Å². The predicted octanol–water partition coefficient (Wildman–Crippen LogP) is 1.47. The van der Waals surface area contributed by atoms with Gasteiger partial charge in [0.1, 0.15) is 5.75 Å². The number of amides is 1. The number of benzene rings is 1. The fourth-order valence-electron chi connectivity index (χ4n) is 1.25. The zero-order chi connectivity index (χ0) is 11.7. The summed E-state index contributed by atoms with van der Waals surface area (Å²) in [6, 6.07) is 6.60. The van der Waals surface area contributed by atoms with Gasteiger partial charge < -0.3 is 5.11 Å². The molecular formula is C10H8N2O2S2. The summed E-state index contributed by atoms with van der Waals surface area (Å²) in [5, 5.41) is 10.2. The minimum Gasteiger partial charge on any atom is -0.508 e. The van der Waals surface area contributed by atoms with Crippen LogP contribution in [0.15, 0.2) is 29.2 Å². The van der Waals surface area contributed by atoms with Crippen molar-refractivity contribution in [2.45, 2.75) is 0 Å².